The molecular weight excluding hydrogens is 336 g/mol. The van der Waals surface area contributed by atoms with Crippen LogP contribution in [-0.4, -0.2) is 30.5 Å². The Balaban J connectivity index is 1.61. The fourth-order valence-electron chi connectivity index (χ4n) is 3.33. The summed E-state index contributed by atoms with van der Waals surface area (Å²) >= 11 is 6.07. The molecule has 1 aliphatic heterocycles. The first-order valence-corrected chi connectivity index (χ1v) is 8.93. The summed E-state index contributed by atoms with van der Waals surface area (Å²) in [6, 6.07) is 15.5. The molecular formula is C20H23ClN2O2. The quantitative estimate of drug-likeness (QED) is 0.857. The van der Waals surface area contributed by atoms with Crippen LogP contribution in [0.3, 0.4) is 0 Å². The zero-order valence-electron chi connectivity index (χ0n) is 14.4. The van der Waals surface area contributed by atoms with Crippen LogP contribution in [-0.2, 0) is 17.9 Å². The Morgan fingerprint density at radius 2 is 2.12 bits per heavy atom. The molecule has 0 radical (unpaired) electrons. The third-order valence-electron chi connectivity index (χ3n) is 4.59. The number of amides is 1. The Labute approximate surface area is 153 Å². The van der Waals surface area contributed by atoms with Crippen molar-refractivity contribution < 1.29 is 9.53 Å². The van der Waals surface area contributed by atoms with Gasteiger partial charge < -0.3 is 10.1 Å². The van der Waals surface area contributed by atoms with E-state index < -0.39 is 0 Å². The Bertz CT molecular complexity index is 735. The van der Waals surface area contributed by atoms with Crippen LogP contribution in [0.15, 0.2) is 48.5 Å². The number of benzene rings is 2. The Morgan fingerprint density at radius 3 is 2.92 bits per heavy atom. The maximum Gasteiger partial charge on any atom is 0.237 e. The van der Waals surface area contributed by atoms with Crippen LogP contribution in [0, 0.1) is 0 Å². The van der Waals surface area contributed by atoms with E-state index in [0.29, 0.717) is 6.54 Å². The average Bonchev–Trinajstić information content (AvgIpc) is 3.08. The summed E-state index contributed by atoms with van der Waals surface area (Å²) in [7, 11) is 1.64. The van der Waals surface area contributed by atoms with Gasteiger partial charge in [-0.2, -0.15) is 0 Å². The van der Waals surface area contributed by atoms with E-state index in [0.717, 1.165) is 47.8 Å². The predicted octanol–water partition coefficient (Wildman–Crippen LogP) is 3.63. The van der Waals surface area contributed by atoms with Gasteiger partial charge in [-0.05, 0) is 43.1 Å². The van der Waals surface area contributed by atoms with Crippen molar-refractivity contribution in [3.63, 3.8) is 0 Å². The lowest BCUT2D eigenvalue weighted by molar-refractivity contribution is -0.125. The molecule has 0 spiro atoms. The second kappa shape index (κ2) is 8.37. The van der Waals surface area contributed by atoms with Crippen LogP contribution >= 0.6 is 11.6 Å². The van der Waals surface area contributed by atoms with Crippen molar-refractivity contribution in [2.45, 2.75) is 32.0 Å². The molecule has 0 bridgehead atoms. The van der Waals surface area contributed by atoms with Crippen molar-refractivity contribution in [2.24, 2.45) is 0 Å². The molecule has 1 aliphatic rings. The number of hydrogen-bond donors (Lipinski definition) is 1. The summed E-state index contributed by atoms with van der Waals surface area (Å²) in [5, 5.41) is 3.79. The third kappa shape index (κ3) is 4.53. The second-order valence-electron chi connectivity index (χ2n) is 6.29. The monoisotopic (exact) mass is 358 g/mol. The third-order valence-corrected chi connectivity index (χ3v) is 4.82. The van der Waals surface area contributed by atoms with Gasteiger partial charge in [-0.1, -0.05) is 41.9 Å². The lowest BCUT2D eigenvalue weighted by Gasteiger charge is -2.24. The summed E-state index contributed by atoms with van der Waals surface area (Å²) in [4.78, 5) is 14.9. The molecule has 132 valence electrons. The lowest BCUT2D eigenvalue weighted by Crippen LogP contribution is -2.42. The smallest absolute Gasteiger partial charge is 0.237 e. The van der Waals surface area contributed by atoms with E-state index in [1.54, 1.807) is 7.11 Å². The average molecular weight is 359 g/mol. The molecule has 5 heteroatoms. The summed E-state index contributed by atoms with van der Waals surface area (Å²) in [6.07, 6.45) is 1.92. The fraction of sp³-hybridized carbons (Fsp3) is 0.350. The molecule has 0 saturated carbocycles. The molecule has 1 fully saturated rings. The first-order chi connectivity index (χ1) is 12.2. The molecule has 0 aliphatic carbocycles. The predicted molar refractivity (Wildman–Crippen MR) is 99.7 cm³/mol. The summed E-state index contributed by atoms with van der Waals surface area (Å²) < 4.78 is 5.34. The van der Waals surface area contributed by atoms with E-state index in [-0.39, 0.29) is 11.9 Å². The zero-order valence-corrected chi connectivity index (χ0v) is 15.1. The molecule has 1 amide bonds. The Kier molecular flexibility index (Phi) is 5.95. The molecule has 1 saturated heterocycles. The van der Waals surface area contributed by atoms with Gasteiger partial charge in [-0.15, -0.1) is 0 Å². The van der Waals surface area contributed by atoms with Crippen molar-refractivity contribution in [2.75, 3.05) is 13.7 Å². The van der Waals surface area contributed by atoms with Gasteiger partial charge in [0, 0.05) is 23.7 Å². The highest BCUT2D eigenvalue weighted by Gasteiger charge is 2.30. The molecule has 2 aromatic carbocycles. The van der Waals surface area contributed by atoms with Crippen LogP contribution in [0.2, 0.25) is 5.02 Å². The number of halogens is 1. The van der Waals surface area contributed by atoms with Crippen molar-refractivity contribution in [1.82, 2.24) is 10.2 Å². The molecule has 1 atom stereocenters. The van der Waals surface area contributed by atoms with Crippen molar-refractivity contribution in [3.05, 3.63) is 64.7 Å². The number of ether oxygens (including phenoxy) is 1. The molecule has 25 heavy (non-hydrogen) atoms. The van der Waals surface area contributed by atoms with E-state index >= 15 is 0 Å². The lowest BCUT2D eigenvalue weighted by atomic mass is 10.1. The number of para-hydroxylation sites is 1. The summed E-state index contributed by atoms with van der Waals surface area (Å²) in [5.41, 5.74) is 2.12. The zero-order chi connectivity index (χ0) is 17.6. The van der Waals surface area contributed by atoms with Gasteiger partial charge in [0.1, 0.15) is 5.75 Å². The summed E-state index contributed by atoms with van der Waals surface area (Å²) in [5.74, 6) is 0.871. The van der Waals surface area contributed by atoms with Crippen molar-refractivity contribution in [3.8, 4) is 5.75 Å². The first-order valence-electron chi connectivity index (χ1n) is 8.55. The van der Waals surface area contributed by atoms with E-state index in [4.69, 9.17) is 16.3 Å². The van der Waals surface area contributed by atoms with E-state index in [2.05, 4.69) is 10.2 Å². The van der Waals surface area contributed by atoms with E-state index in [9.17, 15) is 4.79 Å². The topological polar surface area (TPSA) is 41.6 Å². The molecule has 1 heterocycles. The molecule has 0 aromatic heterocycles. The molecule has 3 rings (SSSR count). The molecule has 0 unspecified atom stereocenters. The number of rotatable bonds is 6. The number of carbonyl (C=O) groups excluding carboxylic acids is 1. The SMILES string of the molecule is COc1ccccc1CNC(=O)[C@H]1CCCN1Cc1cccc(Cl)c1. The highest BCUT2D eigenvalue weighted by atomic mass is 35.5. The minimum atomic E-state index is -0.0892. The number of likely N-dealkylation sites (tertiary alicyclic amines) is 1. The van der Waals surface area contributed by atoms with Gasteiger partial charge in [0.2, 0.25) is 5.91 Å². The Hall–Kier alpha value is -2.04. The minimum absolute atomic E-state index is 0.0745. The number of nitrogens with one attached hydrogen (secondary N) is 1. The van der Waals surface area contributed by atoms with Gasteiger partial charge in [0.05, 0.1) is 13.2 Å². The van der Waals surface area contributed by atoms with E-state index in [1.165, 1.54) is 0 Å². The number of methoxy groups -OCH3 is 1. The first kappa shape index (κ1) is 17.8. The van der Waals surface area contributed by atoms with Crippen LogP contribution in [0.25, 0.3) is 0 Å². The van der Waals surface area contributed by atoms with Crippen LogP contribution in [0.4, 0.5) is 0 Å². The minimum Gasteiger partial charge on any atom is -0.496 e. The standard InChI is InChI=1S/C20H23ClN2O2/c1-25-19-10-3-2-7-16(19)13-22-20(24)18-9-5-11-23(18)14-15-6-4-8-17(21)12-15/h2-4,6-8,10,12,18H,5,9,11,13-14H2,1H3,(H,22,24)/t18-/m1/s1. The molecule has 2 aromatic rings. The number of nitrogens with zero attached hydrogens (tertiary/aromatic N) is 1. The number of carbonyl (C=O) groups is 1. The highest BCUT2D eigenvalue weighted by molar-refractivity contribution is 6.30. The highest BCUT2D eigenvalue weighted by Crippen LogP contribution is 2.22. The van der Waals surface area contributed by atoms with Gasteiger partial charge in [0.25, 0.3) is 0 Å². The van der Waals surface area contributed by atoms with Gasteiger partial charge >= 0.3 is 0 Å². The van der Waals surface area contributed by atoms with Crippen molar-refractivity contribution >= 4 is 17.5 Å². The van der Waals surface area contributed by atoms with Crippen molar-refractivity contribution in [1.29, 1.82) is 0 Å². The second-order valence-corrected chi connectivity index (χ2v) is 6.72. The van der Waals surface area contributed by atoms with Crippen LogP contribution < -0.4 is 10.1 Å². The van der Waals surface area contributed by atoms with Crippen LogP contribution in [0.1, 0.15) is 24.0 Å². The van der Waals surface area contributed by atoms with Gasteiger partial charge in [0.15, 0.2) is 0 Å². The fourth-order valence-corrected chi connectivity index (χ4v) is 3.54. The number of hydrogen-bond acceptors (Lipinski definition) is 3. The largest absolute Gasteiger partial charge is 0.496 e. The maximum absolute atomic E-state index is 12.7. The van der Waals surface area contributed by atoms with Gasteiger partial charge in [-0.3, -0.25) is 9.69 Å². The maximum atomic E-state index is 12.7. The van der Waals surface area contributed by atoms with E-state index in [1.807, 2.05) is 48.5 Å². The molecule has 1 N–H and O–H groups in total. The Morgan fingerprint density at radius 1 is 1.28 bits per heavy atom. The van der Waals surface area contributed by atoms with Crippen LogP contribution in [0.5, 0.6) is 5.75 Å². The summed E-state index contributed by atoms with van der Waals surface area (Å²) in [6.45, 7) is 2.15. The normalized spacial score (nSPS) is 17.4. The molecule has 4 nitrogen and oxygen atoms in total. The van der Waals surface area contributed by atoms with Gasteiger partial charge in [-0.25, -0.2) is 0 Å².